The van der Waals surface area contributed by atoms with Crippen LogP contribution in [0.25, 0.3) is 0 Å². The molecule has 1 saturated heterocycles. The first-order valence-corrected chi connectivity index (χ1v) is 7.75. The van der Waals surface area contributed by atoms with Crippen molar-refractivity contribution >= 4 is 18.3 Å². The minimum atomic E-state index is 0. The molecule has 0 aliphatic carbocycles. The normalized spacial score (nSPS) is 19.5. The van der Waals surface area contributed by atoms with E-state index in [4.69, 9.17) is 4.74 Å². The summed E-state index contributed by atoms with van der Waals surface area (Å²) in [4.78, 5) is 12.1. The molecule has 1 atom stereocenters. The highest BCUT2D eigenvalue weighted by molar-refractivity contribution is 5.85. The van der Waals surface area contributed by atoms with E-state index in [-0.39, 0.29) is 29.1 Å². The molecular weight excluding hydrogens is 288 g/mol. The molecule has 1 unspecified atom stereocenters. The van der Waals surface area contributed by atoms with Crippen LogP contribution >= 0.6 is 12.4 Å². The Balaban J connectivity index is 0.00000400. The van der Waals surface area contributed by atoms with Gasteiger partial charge in [-0.25, -0.2) is 0 Å². The summed E-state index contributed by atoms with van der Waals surface area (Å²) in [6.07, 6.45) is 2.73. The van der Waals surface area contributed by atoms with Crippen molar-refractivity contribution < 1.29 is 9.53 Å². The van der Waals surface area contributed by atoms with E-state index in [1.165, 1.54) is 0 Å². The van der Waals surface area contributed by atoms with Crippen LogP contribution in [-0.4, -0.2) is 39.3 Å². The van der Waals surface area contributed by atoms with Crippen LogP contribution in [-0.2, 0) is 9.53 Å². The van der Waals surface area contributed by atoms with Gasteiger partial charge in [-0.2, -0.15) is 0 Å². The summed E-state index contributed by atoms with van der Waals surface area (Å²) >= 11 is 0. The van der Waals surface area contributed by atoms with Crippen LogP contribution in [0.15, 0.2) is 0 Å². The zero-order valence-electron chi connectivity index (χ0n) is 14.3. The van der Waals surface area contributed by atoms with Crippen LogP contribution in [0.1, 0.15) is 47.0 Å². The fourth-order valence-corrected chi connectivity index (χ4v) is 2.58. The Kier molecular flexibility index (Phi) is 8.83. The van der Waals surface area contributed by atoms with E-state index in [2.05, 4.69) is 38.3 Å². The van der Waals surface area contributed by atoms with Gasteiger partial charge in [0, 0.05) is 25.5 Å². The molecule has 21 heavy (non-hydrogen) atoms. The maximum absolute atomic E-state index is 12.1. The summed E-state index contributed by atoms with van der Waals surface area (Å²) in [6, 6.07) is 0. The Morgan fingerprint density at radius 1 is 1.33 bits per heavy atom. The van der Waals surface area contributed by atoms with Crippen LogP contribution in [0.5, 0.6) is 0 Å². The number of hydrogen-bond donors (Lipinski definition) is 2. The van der Waals surface area contributed by atoms with E-state index in [1.807, 2.05) is 0 Å². The van der Waals surface area contributed by atoms with Crippen molar-refractivity contribution in [1.82, 2.24) is 10.6 Å². The van der Waals surface area contributed by atoms with Gasteiger partial charge in [-0.15, -0.1) is 12.4 Å². The summed E-state index contributed by atoms with van der Waals surface area (Å²) in [7, 11) is 1.74. The number of carbonyl (C=O) groups excluding carboxylic acids is 1. The Labute approximate surface area is 136 Å². The molecule has 1 fully saturated rings. The molecule has 0 saturated carbocycles. The number of halogens is 1. The van der Waals surface area contributed by atoms with Crippen LogP contribution in [0.3, 0.4) is 0 Å². The smallest absolute Gasteiger partial charge is 0.220 e. The molecule has 0 aromatic heterocycles. The Morgan fingerprint density at radius 3 is 2.38 bits per heavy atom. The molecule has 5 heteroatoms. The lowest BCUT2D eigenvalue weighted by molar-refractivity contribution is -0.123. The van der Waals surface area contributed by atoms with Crippen molar-refractivity contribution in [2.75, 3.05) is 33.4 Å². The molecule has 1 heterocycles. The van der Waals surface area contributed by atoms with E-state index in [0.29, 0.717) is 12.3 Å². The average Bonchev–Trinajstić information content (AvgIpc) is 2.37. The molecule has 1 aliphatic heterocycles. The maximum Gasteiger partial charge on any atom is 0.220 e. The quantitative estimate of drug-likeness (QED) is 0.791. The third-order valence-electron chi connectivity index (χ3n) is 4.75. The van der Waals surface area contributed by atoms with E-state index >= 15 is 0 Å². The first-order valence-electron chi connectivity index (χ1n) is 7.75. The zero-order chi connectivity index (χ0) is 15.2. The summed E-state index contributed by atoms with van der Waals surface area (Å²) < 4.78 is 5.37. The maximum atomic E-state index is 12.1. The van der Waals surface area contributed by atoms with Crippen LogP contribution < -0.4 is 10.6 Å². The third-order valence-corrected chi connectivity index (χ3v) is 4.75. The van der Waals surface area contributed by atoms with Gasteiger partial charge in [-0.05, 0) is 37.3 Å². The van der Waals surface area contributed by atoms with Gasteiger partial charge >= 0.3 is 0 Å². The molecule has 1 aliphatic rings. The van der Waals surface area contributed by atoms with E-state index in [1.54, 1.807) is 7.11 Å². The molecule has 0 aromatic carbocycles. The SMILES string of the molecule is COCC1(CNC(=O)CC(C)C(C)(C)C)CCNCC1.Cl. The van der Waals surface area contributed by atoms with Gasteiger partial charge in [0.1, 0.15) is 0 Å². The third kappa shape index (κ3) is 6.98. The zero-order valence-corrected chi connectivity index (χ0v) is 15.1. The van der Waals surface area contributed by atoms with Crippen molar-refractivity contribution in [3.63, 3.8) is 0 Å². The molecule has 0 aromatic rings. The molecule has 126 valence electrons. The minimum absolute atomic E-state index is 0. The fraction of sp³-hybridized carbons (Fsp3) is 0.938. The number of rotatable bonds is 6. The lowest BCUT2D eigenvalue weighted by Crippen LogP contribution is -2.47. The summed E-state index contributed by atoms with van der Waals surface area (Å²) in [5.74, 6) is 0.551. The Bertz CT molecular complexity index is 304. The number of hydrogen-bond acceptors (Lipinski definition) is 3. The van der Waals surface area contributed by atoms with Crippen molar-refractivity contribution in [2.24, 2.45) is 16.7 Å². The number of ether oxygens (including phenoxy) is 1. The lowest BCUT2D eigenvalue weighted by atomic mass is 9.78. The van der Waals surface area contributed by atoms with Gasteiger partial charge in [0.2, 0.25) is 5.91 Å². The van der Waals surface area contributed by atoms with E-state index in [9.17, 15) is 4.79 Å². The molecule has 0 radical (unpaired) electrons. The molecule has 1 amide bonds. The summed E-state index contributed by atoms with van der Waals surface area (Å²) in [6.45, 7) is 12.2. The largest absolute Gasteiger partial charge is 0.384 e. The monoisotopic (exact) mass is 320 g/mol. The second-order valence-corrected chi connectivity index (χ2v) is 7.43. The van der Waals surface area contributed by atoms with Gasteiger partial charge in [0.25, 0.3) is 0 Å². The van der Waals surface area contributed by atoms with E-state index in [0.717, 1.165) is 39.1 Å². The standard InChI is InChI=1S/C16H32N2O2.ClH/c1-13(15(2,3)4)10-14(19)18-11-16(12-20-5)6-8-17-9-7-16;/h13,17H,6-12H2,1-5H3,(H,18,19);1H. The first kappa shape index (κ1) is 20.7. The fourth-order valence-electron chi connectivity index (χ4n) is 2.58. The van der Waals surface area contributed by atoms with Crippen LogP contribution in [0.4, 0.5) is 0 Å². The second-order valence-electron chi connectivity index (χ2n) is 7.43. The molecule has 1 rings (SSSR count). The van der Waals surface area contributed by atoms with Gasteiger partial charge in [-0.1, -0.05) is 27.7 Å². The predicted octanol–water partition coefficient (Wildman–Crippen LogP) is 2.61. The molecule has 2 N–H and O–H groups in total. The topological polar surface area (TPSA) is 50.4 Å². The first-order chi connectivity index (χ1) is 9.29. The highest BCUT2D eigenvalue weighted by atomic mass is 35.5. The summed E-state index contributed by atoms with van der Waals surface area (Å²) in [5, 5.41) is 6.50. The highest BCUT2D eigenvalue weighted by Crippen LogP contribution is 2.30. The van der Waals surface area contributed by atoms with Crippen molar-refractivity contribution in [3.05, 3.63) is 0 Å². The number of carbonyl (C=O) groups is 1. The Hall–Kier alpha value is -0.320. The van der Waals surface area contributed by atoms with Gasteiger partial charge in [-0.3, -0.25) is 4.79 Å². The molecule has 0 bridgehead atoms. The predicted molar refractivity (Wildman–Crippen MR) is 89.9 cm³/mol. The van der Waals surface area contributed by atoms with Crippen LogP contribution in [0.2, 0.25) is 0 Å². The van der Waals surface area contributed by atoms with Gasteiger partial charge in [0.15, 0.2) is 0 Å². The van der Waals surface area contributed by atoms with Gasteiger partial charge in [0.05, 0.1) is 6.61 Å². The highest BCUT2D eigenvalue weighted by Gasteiger charge is 2.33. The van der Waals surface area contributed by atoms with Crippen molar-refractivity contribution in [3.8, 4) is 0 Å². The number of amides is 1. The average molecular weight is 321 g/mol. The molecule has 0 spiro atoms. The van der Waals surface area contributed by atoms with E-state index < -0.39 is 0 Å². The van der Waals surface area contributed by atoms with Crippen LogP contribution in [0, 0.1) is 16.7 Å². The number of nitrogens with one attached hydrogen (secondary N) is 2. The summed E-state index contributed by atoms with van der Waals surface area (Å²) in [5.41, 5.74) is 0.289. The lowest BCUT2D eigenvalue weighted by Gasteiger charge is -2.37. The minimum Gasteiger partial charge on any atom is -0.384 e. The number of piperidine rings is 1. The number of methoxy groups -OCH3 is 1. The van der Waals surface area contributed by atoms with Gasteiger partial charge < -0.3 is 15.4 Å². The second kappa shape index (κ2) is 8.96. The van der Waals surface area contributed by atoms with Crippen molar-refractivity contribution in [1.29, 1.82) is 0 Å². The molecular formula is C16H33ClN2O2. The Morgan fingerprint density at radius 2 is 1.90 bits per heavy atom. The molecule has 4 nitrogen and oxygen atoms in total. The van der Waals surface area contributed by atoms with Crippen molar-refractivity contribution in [2.45, 2.75) is 47.0 Å².